The Labute approximate surface area is 183 Å². The lowest BCUT2D eigenvalue weighted by molar-refractivity contribution is -0.152. The average Bonchev–Trinajstić information content (AvgIpc) is 2.69. The number of carbonyl (C=O) groups excluding carboxylic acids is 4. The number of nitrogens with zero attached hydrogens (tertiary/aromatic N) is 2. The quantitative estimate of drug-likeness (QED) is 0.682. The van der Waals surface area contributed by atoms with Crippen molar-refractivity contribution in [3.05, 3.63) is 22.3 Å². The Bertz CT molecular complexity index is 852. The summed E-state index contributed by atoms with van der Waals surface area (Å²) in [7, 11) is 0. The van der Waals surface area contributed by atoms with Crippen molar-refractivity contribution in [3.8, 4) is 0 Å². The van der Waals surface area contributed by atoms with E-state index in [0.29, 0.717) is 35.4 Å². The molecule has 1 heterocycles. The van der Waals surface area contributed by atoms with Gasteiger partial charge in [-0.05, 0) is 61.3 Å². The van der Waals surface area contributed by atoms with E-state index in [9.17, 15) is 24.3 Å². The predicted molar refractivity (Wildman–Crippen MR) is 115 cm³/mol. The van der Waals surface area contributed by atoms with E-state index in [1.165, 1.54) is 11.8 Å². The van der Waals surface area contributed by atoms with Gasteiger partial charge < -0.3 is 19.6 Å². The molecule has 0 saturated carbocycles. The van der Waals surface area contributed by atoms with Gasteiger partial charge in [0.2, 0.25) is 0 Å². The summed E-state index contributed by atoms with van der Waals surface area (Å²) in [6, 6.07) is 0. The monoisotopic (exact) mass is 434 g/mol. The van der Waals surface area contributed by atoms with Crippen LogP contribution in [0.2, 0.25) is 0 Å². The van der Waals surface area contributed by atoms with E-state index in [4.69, 9.17) is 4.74 Å². The van der Waals surface area contributed by atoms with Gasteiger partial charge in [-0.3, -0.25) is 14.4 Å². The molecule has 2 amide bonds. The molecule has 2 rings (SSSR count). The van der Waals surface area contributed by atoms with Crippen molar-refractivity contribution in [2.45, 2.75) is 72.5 Å². The third-order valence-electron chi connectivity index (χ3n) is 5.85. The van der Waals surface area contributed by atoms with Crippen LogP contribution in [0.15, 0.2) is 22.3 Å². The maximum Gasteiger partial charge on any atom is 0.410 e. The van der Waals surface area contributed by atoms with Crippen LogP contribution in [0.25, 0.3) is 0 Å². The predicted octanol–water partition coefficient (Wildman–Crippen LogP) is 2.40. The summed E-state index contributed by atoms with van der Waals surface area (Å²) in [5.74, 6) is -0.826. The number of amides is 2. The van der Waals surface area contributed by atoms with Crippen molar-refractivity contribution in [1.29, 1.82) is 0 Å². The van der Waals surface area contributed by atoms with Gasteiger partial charge in [0, 0.05) is 48.5 Å². The maximum atomic E-state index is 12.9. The molecule has 0 radical (unpaired) electrons. The highest BCUT2D eigenvalue weighted by molar-refractivity contribution is 6.24. The van der Waals surface area contributed by atoms with Crippen LogP contribution in [0.4, 0.5) is 4.79 Å². The molecule has 1 aliphatic carbocycles. The van der Waals surface area contributed by atoms with Crippen molar-refractivity contribution in [1.82, 2.24) is 9.80 Å². The molecule has 1 atom stereocenters. The van der Waals surface area contributed by atoms with E-state index in [2.05, 4.69) is 0 Å². The molecule has 8 nitrogen and oxygen atoms in total. The number of hydrogen-bond donors (Lipinski definition) is 1. The molecule has 172 valence electrons. The highest BCUT2D eigenvalue weighted by Gasteiger charge is 2.38. The Morgan fingerprint density at radius 1 is 0.871 bits per heavy atom. The molecule has 1 N–H and O–H groups in total. The van der Waals surface area contributed by atoms with E-state index in [1.807, 2.05) is 0 Å². The molecule has 0 aromatic rings. The molecule has 0 spiro atoms. The molecule has 31 heavy (non-hydrogen) atoms. The molecule has 2 aliphatic rings. The fraction of sp³-hybridized carbons (Fsp3) is 0.652. The van der Waals surface area contributed by atoms with Gasteiger partial charge in [-0.1, -0.05) is 0 Å². The molecular formula is C23H34N2O6. The zero-order valence-corrected chi connectivity index (χ0v) is 19.6. The summed E-state index contributed by atoms with van der Waals surface area (Å²) in [5, 5.41) is 10.8. The van der Waals surface area contributed by atoms with E-state index in [0.717, 1.165) is 0 Å². The first kappa shape index (κ1) is 24.8. The molecular weight excluding hydrogens is 400 g/mol. The van der Waals surface area contributed by atoms with Gasteiger partial charge >= 0.3 is 6.09 Å². The van der Waals surface area contributed by atoms with Gasteiger partial charge in [0.15, 0.2) is 11.6 Å². The van der Waals surface area contributed by atoms with Crippen LogP contribution in [0.1, 0.15) is 61.3 Å². The molecule has 0 bridgehead atoms. The van der Waals surface area contributed by atoms with Crippen LogP contribution >= 0.6 is 0 Å². The number of ketones is 2. The summed E-state index contributed by atoms with van der Waals surface area (Å²) in [4.78, 5) is 53.1. The van der Waals surface area contributed by atoms with E-state index in [-0.39, 0.29) is 37.5 Å². The normalized spacial score (nSPS) is 20.3. The second kappa shape index (κ2) is 8.94. The Balaban J connectivity index is 1.98. The summed E-state index contributed by atoms with van der Waals surface area (Å²) < 4.78 is 5.36. The van der Waals surface area contributed by atoms with Crippen molar-refractivity contribution >= 4 is 23.6 Å². The molecule has 0 aromatic carbocycles. The van der Waals surface area contributed by atoms with Crippen molar-refractivity contribution in [2.75, 3.05) is 26.2 Å². The Morgan fingerprint density at radius 2 is 1.35 bits per heavy atom. The molecule has 1 unspecified atom stereocenters. The average molecular weight is 435 g/mol. The first-order valence-electron chi connectivity index (χ1n) is 10.6. The fourth-order valence-corrected chi connectivity index (χ4v) is 3.69. The van der Waals surface area contributed by atoms with Crippen molar-refractivity contribution < 1.29 is 29.0 Å². The lowest BCUT2D eigenvalue weighted by Gasteiger charge is -2.38. The number of carbonyl (C=O) groups is 4. The molecule has 1 saturated heterocycles. The van der Waals surface area contributed by atoms with Crippen LogP contribution in [-0.4, -0.2) is 75.9 Å². The number of aliphatic hydroxyl groups is 1. The number of ether oxygens (including phenoxy) is 1. The Morgan fingerprint density at radius 3 is 1.87 bits per heavy atom. The standard InChI is InChI=1S/C23H34N2O6/c1-14-15(2)19(27)17(16(3)18(14)26)8-9-23(7,30)20(28)24-10-12-25(13-11-24)21(29)31-22(4,5)6/h30H,8-13H2,1-7H3. The topological polar surface area (TPSA) is 104 Å². The Kier molecular flexibility index (Phi) is 7.15. The van der Waals surface area contributed by atoms with Crippen LogP contribution in [0.3, 0.4) is 0 Å². The van der Waals surface area contributed by atoms with Crippen molar-refractivity contribution in [2.24, 2.45) is 0 Å². The molecule has 1 aliphatic heterocycles. The number of Topliss-reactive ketones (excluding diaryl/α,β-unsaturated/α-hetero) is 2. The third-order valence-corrected chi connectivity index (χ3v) is 5.85. The lowest BCUT2D eigenvalue weighted by Crippen LogP contribution is -2.56. The summed E-state index contributed by atoms with van der Waals surface area (Å²) in [6.45, 7) is 12.9. The van der Waals surface area contributed by atoms with Crippen LogP contribution in [0, 0.1) is 0 Å². The first-order chi connectivity index (χ1) is 14.2. The number of hydrogen-bond acceptors (Lipinski definition) is 6. The van der Waals surface area contributed by atoms with Crippen LogP contribution < -0.4 is 0 Å². The minimum atomic E-state index is -1.69. The second-order valence-corrected chi connectivity index (χ2v) is 9.55. The van der Waals surface area contributed by atoms with Crippen LogP contribution in [0.5, 0.6) is 0 Å². The third kappa shape index (κ3) is 5.61. The highest BCUT2D eigenvalue weighted by Crippen LogP contribution is 2.29. The largest absolute Gasteiger partial charge is 0.444 e. The molecule has 0 aromatic heterocycles. The summed E-state index contributed by atoms with van der Waals surface area (Å²) in [5.41, 5.74) is -0.690. The molecule has 1 fully saturated rings. The Hall–Kier alpha value is -2.48. The molecule has 8 heteroatoms. The van der Waals surface area contributed by atoms with Crippen LogP contribution in [-0.2, 0) is 19.1 Å². The zero-order valence-electron chi connectivity index (χ0n) is 19.6. The summed E-state index contributed by atoms with van der Waals surface area (Å²) >= 11 is 0. The fourth-order valence-electron chi connectivity index (χ4n) is 3.69. The number of rotatable bonds is 4. The number of piperazine rings is 1. The maximum absolute atomic E-state index is 12.9. The first-order valence-corrected chi connectivity index (χ1v) is 10.6. The van der Waals surface area contributed by atoms with Crippen molar-refractivity contribution in [3.63, 3.8) is 0 Å². The minimum Gasteiger partial charge on any atom is -0.444 e. The van der Waals surface area contributed by atoms with Gasteiger partial charge in [-0.2, -0.15) is 0 Å². The van der Waals surface area contributed by atoms with E-state index < -0.39 is 23.2 Å². The minimum absolute atomic E-state index is 0.0239. The SMILES string of the molecule is CC1=C(C)C(=O)C(CCC(C)(O)C(=O)N2CCN(C(=O)OC(C)(C)C)CC2)=C(C)C1=O. The van der Waals surface area contributed by atoms with Gasteiger partial charge in [-0.15, -0.1) is 0 Å². The van der Waals surface area contributed by atoms with E-state index >= 15 is 0 Å². The van der Waals surface area contributed by atoms with Gasteiger partial charge in [0.05, 0.1) is 0 Å². The van der Waals surface area contributed by atoms with Gasteiger partial charge in [0.25, 0.3) is 5.91 Å². The summed E-state index contributed by atoms with van der Waals surface area (Å²) in [6.07, 6.45) is -0.263. The van der Waals surface area contributed by atoms with Gasteiger partial charge in [-0.25, -0.2) is 4.79 Å². The number of allylic oxidation sites excluding steroid dienone is 4. The second-order valence-electron chi connectivity index (χ2n) is 9.55. The van der Waals surface area contributed by atoms with E-state index in [1.54, 1.807) is 46.4 Å². The smallest absolute Gasteiger partial charge is 0.410 e. The van der Waals surface area contributed by atoms with Gasteiger partial charge in [0.1, 0.15) is 11.2 Å². The zero-order chi connectivity index (χ0) is 23.7. The lowest BCUT2D eigenvalue weighted by atomic mass is 9.82. The highest BCUT2D eigenvalue weighted by atomic mass is 16.6.